The Kier molecular flexibility index (Phi) is 3.58. The highest BCUT2D eigenvalue weighted by molar-refractivity contribution is 6.30. The number of rotatable bonds is 3. The Hall–Kier alpha value is -2.40. The van der Waals surface area contributed by atoms with Crippen LogP contribution in [0.5, 0.6) is 11.5 Å². The van der Waals surface area contributed by atoms with Crippen LogP contribution in [0.15, 0.2) is 36.4 Å². The summed E-state index contributed by atoms with van der Waals surface area (Å²) in [5.74, 6) is 0.829. The second-order valence-electron chi connectivity index (χ2n) is 4.64. The molecular weight excluding hydrogens is 292 g/mol. The van der Waals surface area contributed by atoms with Gasteiger partial charge in [0.05, 0.1) is 11.4 Å². The van der Waals surface area contributed by atoms with Crippen LogP contribution in [0, 0.1) is 0 Å². The van der Waals surface area contributed by atoms with E-state index in [9.17, 15) is 4.79 Å². The molecule has 3 rings (SSSR count). The Labute approximate surface area is 126 Å². The van der Waals surface area contributed by atoms with Crippen molar-refractivity contribution in [2.45, 2.75) is 6.61 Å². The number of halogens is 1. The Balaban J connectivity index is 1.79. The number of nitrogens with two attached hydrogens (primary N) is 1. The quantitative estimate of drug-likeness (QED) is 0.855. The van der Waals surface area contributed by atoms with Gasteiger partial charge in [-0.1, -0.05) is 23.7 Å². The van der Waals surface area contributed by atoms with Crippen LogP contribution in [0.4, 0.5) is 11.4 Å². The van der Waals surface area contributed by atoms with Crippen molar-refractivity contribution in [3.05, 3.63) is 47.0 Å². The zero-order valence-corrected chi connectivity index (χ0v) is 11.8. The third-order valence-electron chi connectivity index (χ3n) is 3.03. The van der Waals surface area contributed by atoms with Crippen molar-refractivity contribution in [1.82, 2.24) is 0 Å². The van der Waals surface area contributed by atoms with Gasteiger partial charge in [-0.3, -0.25) is 4.79 Å². The molecule has 1 amide bonds. The third-order valence-corrected chi connectivity index (χ3v) is 3.26. The molecule has 0 saturated heterocycles. The molecule has 2 aromatic carbocycles. The standard InChI is InChI=1S/C15H13ClN2O3/c16-10-3-1-2-9(4-10)7-20-13-6-12-14(5-11(13)17)21-8-15(19)18-12/h1-6H,7-8,17H2,(H,18,19). The second kappa shape index (κ2) is 5.54. The number of amides is 1. The van der Waals surface area contributed by atoms with Crippen molar-refractivity contribution in [3.63, 3.8) is 0 Å². The van der Waals surface area contributed by atoms with Gasteiger partial charge >= 0.3 is 0 Å². The maximum absolute atomic E-state index is 11.3. The number of anilines is 2. The van der Waals surface area contributed by atoms with Gasteiger partial charge in [-0.15, -0.1) is 0 Å². The van der Waals surface area contributed by atoms with E-state index in [0.29, 0.717) is 34.5 Å². The molecule has 108 valence electrons. The first-order valence-electron chi connectivity index (χ1n) is 6.35. The molecule has 1 heterocycles. The fourth-order valence-corrected chi connectivity index (χ4v) is 2.25. The number of carbonyl (C=O) groups is 1. The monoisotopic (exact) mass is 304 g/mol. The first-order valence-corrected chi connectivity index (χ1v) is 6.73. The molecule has 0 aromatic heterocycles. The van der Waals surface area contributed by atoms with Crippen molar-refractivity contribution in [2.24, 2.45) is 0 Å². The zero-order valence-electron chi connectivity index (χ0n) is 11.1. The maximum Gasteiger partial charge on any atom is 0.262 e. The minimum Gasteiger partial charge on any atom is -0.487 e. The number of benzene rings is 2. The van der Waals surface area contributed by atoms with Crippen LogP contribution >= 0.6 is 11.6 Å². The summed E-state index contributed by atoms with van der Waals surface area (Å²) >= 11 is 5.92. The first-order chi connectivity index (χ1) is 10.1. The van der Waals surface area contributed by atoms with Gasteiger partial charge in [0, 0.05) is 17.2 Å². The molecule has 0 spiro atoms. The summed E-state index contributed by atoms with van der Waals surface area (Å²) in [6, 6.07) is 10.7. The van der Waals surface area contributed by atoms with Crippen molar-refractivity contribution in [3.8, 4) is 11.5 Å². The number of hydrogen-bond acceptors (Lipinski definition) is 4. The molecule has 0 saturated carbocycles. The Morgan fingerprint density at radius 2 is 2.19 bits per heavy atom. The van der Waals surface area contributed by atoms with Crippen LogP contribution in [0.2, 0.25) is 5.02 Å². The Morgan fingerprint density at radius 3 is 3.00 bits per heavy atom. The minimum absolute atomic E-state index is 0.00480. The highest BCUT2D eigenvalue weighted by atomic mass is 35.5. The molecule has 0 aliphatic carbocycles. The van der Waals surface area contributed by atoms with Crippen LogP contribution in [-0.2, 0) is 11.4 Å². The molecule has 21 heavy (non-hydrogen) atoms. The number of nitrogen functional groups attached to an aromatic ring is 1. The first kappa shape index (κ1) is 13.6. The van der Waals surface area contributed by atoms with Gasteiger partial charge in [-0.2, -0.15) is 0 Å². The summed E-state index contributed by atoms with van der Waals surface area (Å²) < 4.78 is 11.0. The van der Waals surface area contributed by atoms with E-state index >= 15 is 0 Å². The van der Waals surface area contributed by atoms with Gasteiger partial charge in [0.25, 0.3) is 5.91 Å². The highest BCUT2D eigenvalue weighted by Gasteiger charge is 2.18. The Morgan fingerprint density at radius 1 is 1.33 bits per heavy atom. The molecule has 2 aromatic rings. The summed E-state index contributed by atoms with van der Waals surface area (Å²) in [6.45, 7) is 0.327. The lowest BCUT2D eigenvalue weighted by Crippen LogP contribution is -2.25. The van der Waals surface area contributed by atoms with Gasteiger partial charge in [0.2, 0.25) is 0 Å². The lowest BCUT2D eigenvalue weighted by atomic mass is 10.2. The van der Waals surface area contributed by atoms with E-state index in [1.165, 1.54) is 0 Å². The molecule has 1 aliphatic rings. The van der Waals surface area contributed by atoms with Crippen molar-refractivity contribution in [2.75, 3.05) is 17.7 Å². The summed E-state index contributed by atoms with van der Waals surface area (Å²) in [6.07, 6.45) is 0. The lowest BCUT2D eigenvalue weighted by molar-refractivity contribution is -0.118. The van der Waals surface area contributed by atoms with Crippen molar-refractivity contribution in [1.29, 1.82) is 0 Å². The fourth-order valence-electron chi connectivity index (χ4n) is 2.04. The third kappa shape index (κ3) is 3.03. The zero-order chi connectivity index (χ0) is 14.8. The minimum atomic E-state index is -0.201. The molecule has 0 atom stereocenters. The van der Waals surface area contributed by atoms with E-state index in [-0.39, 0.29) is 12.5 Å². The van der Waals surface area contributed by atoms with Crippen LogP contribution in [-0.4, -0.2) is 12.5 Å². The average molecular weight is 305 g/mol. The highest BCUT2D eigenvalue weighted by Crippen LogP contribution is 2.36. The van der Waals surface area contributed by atoms with Gasteiger partial charge in [0.1, 0.15) is 18.1 Å². The summed E-state index contributed by atoms with van der Waals surface area (Å²) in [4.78, 5) is 11.3. The number of carbonyl (C=O) groups excluding carboxylic acids is 1. The van der Waals surface area contributed by atoms with Crippen LogP contribution in [0.3, 0.4) is 0 Å². The van der Waals surface area contributed by atoms with Crippen LogP contribution in [0.1, 0.15) is 5.56 Å². The largest absolute Gasteiger partial charge is 0.487 e. The van der Waals surface area contributed by atoms with Crippen molar-refractivity contribution >= 4 is 28.9 Å². The smallest absolute Gasteiger partial charge is 0.262 e. The van der Waals surface area contributed by atoms with E-state index in [2.05, 4.69) is 5.32 Å². The number of hydrogen-bond donors (Lipinski definition) is 2. The van der Waals surface area contributed by atoms with E-state index in [1.54, 1.807) is 18.2 Å². The molecule has 0 unspecified atom stereocenters. The van der Waals surface area contributed by atoms with Gasteiger partial charge in [-0.05, 0) is 17.7 Å². The van der Waals surface area contributed by atoms with Crippen LogP contribution in [0.25, 0.3) is 0 Å². The molecule has 0 bridgehead atoms. The SMILES string of the molecule is Nc1cc2c(cc1OCc1cccc(Cl)c1)NC(=O)CO2. The van der Waals surface area contributed by atoms with E-state index < -0.39 is 0 Å². The van der Waals surface area contributed by atoms with Gasteiger partial charge in [-0.25, -0.2) is 0 Å². The van der Waals surface area contributed by atoms with Crippen LogP contribution < -0.4 is 20.5 Å². The van der Waals surface area contributed by atoms with E-state index in [4.69, 9.17) is 26.8 Å². The molecule has 1 aliphatic heterocycles. The topological polar surface area (TPSA) is 73.6 Å². The molecule has 6 heteroatoms. The van der Waals surface area contributed by atoms with Gasteiger partial charge in [0.15, 0.2) is 6.61 Å². The molecule has 0 fully saturated rings. The predicted molar refractivity (Wildman–Crippen MR) is 80.8 cm³/mol. The molecule has 0 radical (unpaired) electrons. The number of ether oxygens (including phenoxy) is 2. The number of nitrogens with one attached hydrogen (secondary N) is 1. The molecule has 5 nitrogen and oxygen atoms in total. The van der Waals surface area contributed by atoms with Gasteiger partial charge < -0.3 is 20.5 Å². The summed E-state index contributed by atoms with van der Waals surface area (Å²) in [5.41, 5.74) is 7.87. The normalized spacial score (nSPS) is 13.1. The maximum atomic E-state index is 11.3. The summed E-state index contributed by atoms with van der Waals surface area (Å²) in [5, 5.41) is 3.36. The van der Waals surface area contributed by atoms with E-state index in [0.717, 1.165) is 5.56 Å². The Bertz CT molecular complexity index is 703. The average Bonchev–Trinajstić information content (AvgIpc) is 2.45. The van der Waals surface area contributed by atoms with Crippen molar-refractivity contribution < 1.29 is 14.3 Å². The second-order valence-corrected chi connectivity index (χ2v) is 5.08. The summed E-state index contributed by atoms with van der Waals surface area (Å²) in [7, 11) is 0. The van der Waals surface area contributed by atoms with E-state index in [1.807, 2.05) is 18.2 Å². The number of fused-ring (bicyclic) bond motifs is 1. The molecule has 3 N–H and O–H groups in total. The molecular formula is C15H13ClN2O3. The fraction of sp³-hybridized carbons (Fsp3) is 0.133. The lowest BCUT2D eigenvalue weighted by Gasteiger charge is -2.20. The predicted octanol–water partition coefficient (Wildman–Crippen LogP) is 2.83.